The maximum absolute atomic E-state index is 13.0. The van der Waals surface area contributed by atoms with Crippen LogP contribution in [0, 0.1) is 0 Å². The SMILES string of the molecule is O=C(O)CN1C(=O)[C@@H](NC(CCCCNC2CCCC2)C(=O)O)COc2ccccc21. The predicted molar refractivity (Wildman–Crippen MR) is 114 cm³/mol. The van der Waals surface area contributed by atoms with Gasteiger partial charge in [-0.2, -0.15) is 0 Å². The number of nitrogens with one attached hydrogen (secondary N) is 2. The number of nitrogens with zero attached hydrogens (tertiary/aromatic N) is 1. The number of para-hydroxylation sites is 2. The monoisotopic (exact) mass is 433 g/mol. The van der Waals surface area contributed by atoms with Crippen molar-refractivity contribution in [3.05, 3.63) is 24.3 Å². The fourth-order valence-corrected chi connectivity index (χ4v) is 4.20. The number of carboxylic acids is 2. The minimum absolute atomic E-state index is 0.0705. The number of hydrogen-bond acceptors (Lipinski definition) is 6. The van der Waals surface area contributed by atoms with Gasteiger partial charge < -0.3 is 20.3 Å². The summed E-state index contributed by atoms with van der Waals surface area (Å²) < 4.78 is 5.70. The molecule has 9 heteroatoms. The van der Waals surface area contributed by atoms with E-state index in [2.05, 4.69) is 10.6 Å². The second-order valence-corrected chi connectivity index (χ2v) is 8.14. The number of fused-ring (bicyclic) bond motifs is 1. The Morgan fingerprint density at radius 1 is 1.16 bits per heavy atom. The molecule has 3 rings (SSSR count). The smallest absolute Gasteiger partial charge is 0.323 e. The van der Waals surface area contributed by atoms with Crippen molar-refractivity contribution in [3.63, 3.8) is 0 Å². The van der Waals surface area contributed by atoms with Gasteiger partial charge in [0.25, 0.3) is 0 Å². The van der Waals surface area contributed by atoms with E-state index in [0.29, 0.717) is 30.3 Å². The summed E-state index contributed by atoms with van der Waals surface area (Å²) in [5.41, 5.74) is 0.365. The van der Waals surface area contributed by atoms with Crippen molar-refractivity contribution in [1.82, 2.24) is 10.6 Å². The molecular formula is C22H31N3O6. The Labute approximate surface area is 181 Å². The molecule has 1 aromatic rings. The van der Waals surface area contributed by atoms with Crippen LogP contribution < -0.4 is 20.3 Å². The zero-order chi connectivity index (χ0) is 22.2. The van der Waals surface area contributed by atoms with Gasteiger partial charge >= 0.3 is 11.9 Å². The zero-order valence-corrected chi connectivity index (χ0v) is 17.6. The third-order valence-corrected chi connectivity index (χ3v) is 5.83. The molecule has 1 fully saturated rings. The van der Waals surface area contributed by atoms with E-state index < -0.39 is 36.5 Å². The van der Waals surface area contributed by atoms with Crippen LogP contribution in [0.1, 0.15) is 44.9 Å². The minimum Gasteiger partial charge on any atom is -0.489 e. The first-order chi connectivity index (χ1) is 15.0. The molecule has 0 bridgehead atoms. The molecule has 0 aromatic heterocycles. The van der Waals surface area contributed by atoms with Crippen molar-refractivity contribution in [1.29, 1.82) is 0 Å². The van der Waals surface area contributed by atoms with Crippen LogP contribution in [-0.2, 0) is 14.4 Å². The molecule has 1 saturated carbocycles. The standard InChI is InChI=1S/C22H31N3O6/c26-20(27)13-25-18-10-3-4-11-19(18)31-14-17(21(25)28)24-16(22(29)30)9-5-6-12-23-15-7-1-2-8-15/h3-4,10-11,15-17,23-24H,1-2,5-9,12-14H2,(H,26,27)(H,29,30)/t16?,17-/m0/s1. The second-order valence-electron chi connectivity index (χ2n) is 8.14. The van der Waals surface area contributed by atoms with Crippen LogP contribution in [-0.4, -0.2) is 65.9 Å². The molecule has 2 atom stereocenters. The summed E-state index contributed by atoms with van der Waals surface area (Å²) in [6, 6.07) is 5.40. The largest absolute Gasteiger partial charge is 0.489 e. The number of amides is 1. The highest BCUT2D eigenvalue weighted by Gasteiger charge is 2.35. The van der Waals surface area contributed by atoms with Crippen molar-refractivity contribution in [2.75, 3.05) is 24.6 Å². The molecule has 170 valence electrons. The molecule has 1 unspecified atom stereocenters. The molecule has 1 aliphatic heterocycles. The van der Waals surface area contributed by atoms with E-state index in [4.69, 9.17) is 4.74 Å². The summed E-state index contributed by atoms with van der Waals surface area (Å²) in [7, 11) is 0. The Balaban J connectivity index is 1.58. The topological polar surface area (TPSA) is 128 Å². The third kappa shape index (κ3) is 6.41. The lowest BCUT2D eigenvalue weighted by atomic mass is 10.1. The van der Waals surface area contributed by atoms with Gasteiger partial charge in [-0.15, -0.1) is 0 Å². The number of rotatable bonds is 11. The molecule has 4 N–H and O–H groups in total. The highest BCUT2D eigenvalue weighted by molar-refractivity contribution is 6.02. The van der Waals surface area contributed by atoms with E-state index >= 15 is 0 Å². The molecule has 31 heavy (non-hydrogen) atoms. The molecule has 2 aliphatic rings. The summed E-state index contributed by atoms with van der Waals surface area (Å²) in [5.74, 6) is -2.32. The molecule has 1 aromatic carbocycles. The number of benzene rings is 1. The Bertz CT molecular complexity index is 780. The van der Waals surface area contributed by atoms with E-state index in [9.17, 15) is 24.6 Å². The summed E-state index contributed by atoms with van der Waals surface area (Å²) in [4.78, 5) is 37.3. The fourth-order valence-electron chi connectivity index (χ4n) is 4.20. The summed E-state index contributed by atoms with van der Waals surface area (Å²) >= 11 is 0. The van der Waals surface area contributed by atoms with Crippen LogP contribution in [0.5, 0.6) is 5.75 Å². The van der Waals surface area contributed by atoms with Gasteiger partial charge in [0.15, 0.2) is 0 Å². The molecule has 0 saturated heterocycles. The maximum Gasteiger partial charge on any atom is 0.323 e. The van der Waals surface area contributed by atoms with Crippen LogP contribution >= 0.6 is 0 Å². The number of carbonyl (C=O) groups excluding carboxylic acids is 1. The molecule has 1 amide bonds. The normalized spacial score (nSPS) is 20.1. The van der Waals surface area contributed by atoms with Gasteiger partial charge in [0.2, 0.25) is 5.91 Å². The Hall–Kier alpha value is -2.65. The first kappa shape index (κ1) is 23.0. The van der Waals surface area contributed by atoms with Crippen molar-refractivity contribution in [2.24, 2.45) is 0 Å². The first-order valence-electron chi connectivity index (χ1n) is 10.9. The first-order valence-corrected chi connectivity index (χ1v) is 10.9. The Morgan fingerprint density at radius 3 is 2.61 bits per heavy atom. The van der Waals surface area contributed by atoms with Crippen molar-refractivity contribution in [2.45, 2.75) is 63.1 Å². The van der Waals surface area contributed by atoms with E-state index in [0.717, 1.165) is 17.9 Å². The van der Waals surface area contributed by atoms with Gasteiger partial charge in [0.05, 0.1) is 5.69 Å². The quantitative estimate of drug-likeness (QED) is 0.388. The number of hydrogen-bond donors (Lipinski definition) is 4. The molecule has 1 heterocycles. The minimum atomic E-state index is -1.16. The Morgan fingerprint density at radius 2 is 1.90 bits per heavy atom. The van der Waals surface area contributed by atoms with Crippen molar-refractivity contribution < 1.29 is 29.3 Å². The number of anilines is 1. The van der Waals surface area contributed by atoms with Crippen LogP contribution in [0.3, 0.4) is 0 Å². The number of aliphatic carboxylic acids is 2. The summed E-state index contributed by atoms with van der Waals surface area (Å²) in [5, 5.41) is 25.3. The van der Waals surface area contributed by atoms with Crippen LogP contribution in [0.2, 0.25) is 0 Å². The lowest BCUT2D eigenvalue weighted by Crippen LogP contribution is -2.54. The lowest BCUT2D eigenvalue weighted by Gasteiger charge is -2.25. The third-order valence-electron chi connectivity index (χ3n) is 5.83. The molecule has 1 aliphatic carbocycles. The highest BCUT2D eigenvalue weighted by atomic mass is 16.5. The molecule has 9 nitrogen and oxygen atoms in total. The summed E-state index contributed by atoms with van der Waals surface area (Å²) in [6.45, 7) is 0.255. The average Bonchev–Trinajstić information content (AvgIpc) is 3.22. The van der Waals surface area contributed by atoms with Crippen molar-refractivity contribution in [3.8, 4) is 5.75 Å². The zero-order valence-electron chi connectivity index (χ0n) is 17.6. The highest BCUT2D eigenvalue weighted by Crippen LogP contribution is 2.31. The van der Waals surface area contributed by atoms with Gasteiger partial charge in [-0.3, -0.25) is 24.6 Å². The number of carbonyl (C=O) groups is 3. The number of carboxylic acid groups (broad SMARTS) is 2. The van der Waals surface area contributed by atoms with Gasteiger partial charge in [-0.25, -0.2) is 0 Å². The average molecular weight is 434 g/mol. The van der Waals surface area contributed by atoms with E-state index in [1.165, 1.54) is 25.7 Å². The van der Waals surface area contributed by atoms with Crippen LogP contribution in [0.25, 0.3) is 0 Å². The van der Waals surface area contributed by atoms with Gasteiger partial charge in [-0.05, 0) is 44.4 Å². The maximum atomic E-state index is 13.0. The van der Waals surface area contributed by atoms with Gasteiger partial charge in [0, 0.05) is 6.04 Å². The Kier molecular flexibility index (Phi) is 8.25. The van der Waals surface area contributed by atoms with Gasteiger partial charge in [-0.1, -0.05) is 31.4 Å². The summed E-state index contributed by atoms with van der Waals surface area (Å²) in [6.07, 6.45) is 6.87. The van der Waals surface area contributed by atoms with E-state index in [1.807, 2.05) is 0 Å². The second kappa shape index (κ2) is 11.1. The molecule has 0 radical (unpaired) electrons. The fraction of sp³-hybridized carbons (Fsp3) is 0.591. The van der Waals surface area contributed by atoms with E-state index in [1.54, 1.807) is 24.3 Å². The van der Waals surface area contributed by atoms with Crippen LogP contribution in [0.15, 0.2) is 24.3 Å². The molecular weight excluding hydrogens is 402 g/mol. The lowest BCUT2D eigenvalue weighted by molar-refractivity contribution is -0.141. The predicted octanol–water partition coefficient (Wildman–Crippen LogP) is 1.61. The number of unbranched alkanes of at least 4 members (excludes halogenated alkanes) is 1. The van der Waals surface area contributed by atoms with Crippen LogP contribution in [0.4, 0.5) is 5.69 Å². The van der Waals surface area contributed by atoms with Crippen molar-refractivity contribution >= 4 is 23.5 Å². The van der Waals surface area contributed by atoms with Gasteiger partial charge in [0.1, 0.15) is 31.0 Å². The van der Waals surface area contributed by atoms with E-state index in [-0.39, 0.29) is 6.61 Å². The number of ether oxygens (including phenoxy) is 1. The molecule has 0 spiro atoms.